The van der Waals surface area contributed by atoms with Gasteiger partial charge in [-0.25, -0.2) is 0 Å². The minimum atomic E-state index is -0.415. The number of methoxy groups -OCH3 is 1. The van der Waals surface area contributed by atoms with E-state index in [0.717, 1.165) is 21.8 Å². The molecule has 1 heterocycles. The topological polar surface area (TPSA) is 75.1 Å². The first kappa shape index (κ1) is 19.6. The van der Waals surface area contributed by atoms with Gasteiger partial charge in [-0.2, -0.15) is 5.26 Å². The summed E-state index contributed by atoms with van der Waals surface area (Å²) in [6.45, 7) is 2.60. The molecule has 1 N–H and O–H groups in total. The van der Waals surface area contributed by atoms with Crippen LogP contribution < -0.4 is 15.0 Å². The number of aromatic nitrogens is 1. The quantitative estimate of drug-likeness (QED) is 0.621. The maximum atomic E-state index is 12.3. The average Bonchev–Trinajstić information content (AvgIpc) is 2.73. The van der Waals surface area contributed by atoms with Crippen molar-refractivity contribution in [3.05, 3.63) is 70.5 Å². The maximum Gasteiger partial charge on any atom is 0.266 e. The molecule has 0 fully saturated rings. The Morgan fingerprint density at radius 2 is 1.89 bits per heavy atom. The summed E-state index contributed by atoms with van der Waals surface area (Å²) in [7, 11) is 1.59. The van der Waals surface area contributed by atoms with E-state index in [1.54, 1.807) is 13.2 Å². The third-order valence-corrected chi connectivity index (χ3v) is 5.06. The maximum absolute atomic E-state index is 12.3. The molecule has 0 aliphatic rings. The molecule has 0 saturated carbocycles. The Bertz CT molecular complexity index is 1060. The third-order valence-electron chi connectivity index (χ3n) is 4.01. The molecule has 0 aliphatic heterocycles. The van der Waals surface area contributed by atoms with Crippen LogP contribution in [0.25, 0.3) is 11.3 Å². The first-order valence-corrected chi connectivity index (χ1v) is 9.69. The number of hydrogen-bond acceptors (Lipinski definition) is 5. The number of benzene rings is 2. The van der Waals surface area contributed by atoms with Gasteiger partial charge in [0, 0.05) is 15.4 Å². The number of pyridine rings is 1. The molecule has 0 amide bonds. The SMILES string of the molecule is CCCOc1cc(-c2[nH]c(=O)c(C#N)cc2Sc2ccccc2)ccc1OC. The minimum Gasteiger partial charge on any atom is -0.493 e. The molecule has 0 saturated heterocycles. The molecule has 142 valence electrons. The van der Waals surface area contributed by atoms with Crippen LogP contribution in [0.3, 0.4) is 0 Å². The summed E-state index contributed by atoms with van der Waals surface area (Å²) in [6.07, 6.45) is 0.871. The van der Waals surface area contributed by atoms with Crippen molar-refractivity contribution in [2.24, 2.45) is 0 Å². The number of hydrogen-bond donors (Lipinski definition) is 1. The van der Waals surface area contributed by atoms with Crippen molar-refractivity contribution in [1.82, 2.24) is 4.98 Å². The molecule has 0 spiro atoms. The van der Waals surface area contributed by atoms with E-state index >= 15 is 0 Å². The number of nitrogens with one attached hydrogen (secondary N) is 1. The lowest BCUT2D eigenvalue weighted by molar-refractivity contribution is 0.294. The van der Waals surface area contributed by atoms with E-state index in [-0.39, 0.29) is 5.56 Å². The third kappa shape index (κ3) is 4.38. The summed E-state index contributed by atoms with van der Waals surface area (Å²) in [5.41, 5.74) is 1.09. The Balaban J connectivity index is 2.11. The molecule has 2 aromatic carbocycles. The van der Waals surface area contributed by atoms with Crippen molar-refractivity contribution in [2.75, 3.05) is 13.7 Å². The number of nitriles is 1. The molecular weight excluding hydrogens is 372 g/mol. The molecule has 0 atom stereocenters. The summed E-state index contributed by atoms with van der Waals surface area (Å²) in [6, 6.07) is 18.9. The van der Waals surface area contributed by atoms with Gasteiger partial charge >= 0.3 is 0 Å². The van der Waals surface area contributed by atoms with Crippen LogP contribution in [0.4, 0.5) is 0 Å². The molecule has 5 nitrogen and oxygen atoms in total. The van der Waals surface area contributed by atoms with Gasteiger partial charge in [0.25, 0.3) is 5.56 Å². The van der Waals surface area contributed by atoms with Crippen molar-refractivity contribution in [2.45, 2.75) is 23.1 Å². The largest absolute Gasteiger partial charge is 0.493 e. The Labute approximate surface area is 167 Å². The van der Waals surface area contributed by atoms with Crippen LogP contribution in [-0.4, -0.2) is 18.7 Å². The first-order chi connectivity index (χ1) is 13.7. The minimum absolute atomic E-state index is 0.0816. The Morgan fingerprint density at radius 3 is 2.57 bits per heavy atom. The lowest BCUT2D eigenvalue weighted by Crippen LogP contribution is -2.11. The molecule has 3 aromatic rings. The monoisotopic (exact) mass is 392 g/mol. The summed E-state index contributed by atoms with van der Waals surface area (Å²) in [4.78, 5) is 16.9. The van der Waals surface area contributed by atoms with Crippen LogP contribution in [-0.2, 0) is 0 Å². The standard InChI is InChI=1S/C22H20N2O3S/c1-3-11-27-19-12-15(9-10-18(19)26-2)21-20(13-16(14-23)22(25)24-21)28-17-7-5-4-6-8-17/h4-10,12-13H,3,11H2,1-2H3,(H,24,25). The molecule has 3 rings (SSSR count). The predicted molar refractivity (Wildman–Crippen MR) is 110 cm³/mol. The Kier molecular flexibility index (Phi) is 6.41. The van der Waals surface area contributed by atoms with Gasteiger partial charge in [-0.1, -0.05) is 36.9 Å². The fourth-order valence-corrected chi connectivity index (χ4v) is 3.66. The second-order valence-electron chi connectivity index (χ2n) is 5.99. The molecule has 1 aromatic heterocycles. The van der Waals surface area contributed by atoms with Crippen LogP contribution in [0.5, 0.6) is 11.5 Å². The van der Waals surface area contributed by atoms with Gasteiger partial charge in [0.2, 0.25) is 0 Å². The fourth-order valence-electron chi connectivity index (χ4n) is 2.66. The van der Waals surface area contributed by atoms with Crippen molar-refractivity contribution < 1.29 is 9.47 Å². The van der Waals surface area contributed by atoms with Crippen LogP contribution >= 0.6 is 11.8 Å². The number of rotatable bonds is 7. The predicted octanol–water partition coefficient (Wildman–Crippen LogP) is 4.86. The normalized spacial score (nSPS) is 10.3. The van der Waals surface area contributed by atoms with Gasteiger partial charge < -0.3 is 14.5 Å². The second-order valence-corrected chi connectivity index (χ2v) is 7.11. The molecule has 0 bridgehead atoms. The zero-order valence-electron chi connectivity index (χ0n) is 15.7. The van der Waals surface area contributed by atoms with E-state index in [1.807, 2.05) is 61.5 Å². The fraction of sp³-hybridized carbons (Fsp3) is 0.182. The van der Waals surface area contributed by atoms with E-state index in [9.17, 15) is 10.1 Å². The number of nitrogens with zero attached hydrogens (tertiary/aromatic N) is 1. The van der Waals surface area contributed by atoms with E-state index in [4.69, 9.17) is 9.47 Å². The Morgan fingerprint density at radius 1 is 1.11 bits per heavy atom. The van der Waals surface area contributed by atoms with Gasteiger partial charge in [0.05, 0.1) is 19.4 Å². The van der Waals surface area contributed by atoms with Gasteiger partial charge in [-0.15, -0.1) is 0 Å². The lowest BCUT2D eigenvalue weighted by atomic mass is 10.1. The second kappa shape index (κ2) is 9.16. The van der Waals surface area contributed by atoms with E-state index < -0.39 is 5.56 Å². The molecule has 28 heavy (non-hydrogen) atoms. The summed E-state index contributed by atoms with van der Waals surface area (Å²) in [5, 5.41) is 9.26. The van der Waals surface area contributed by atoms with Gasteiger partial charge in [-0.05, 0) is 42.8 Å². The highest BCUT2D eigenvalue weighted by atomic mass is 32.2. The van der Waals surface area contributed by atoms with Crippen molar-refractivity contribution in [3.8, 4) is 28.8 Å². The average molecular weight is 392 g/mol. The van der Waals surface area contributed by atoms with Crippen molar-refractivity contribution >= 4 is 11.8 Å². The highest BCUT2D eigenvalue weighted by molar-refractivity contribution is 7.99. The molecule has 0 unspecified atom stereocenters. The molecule has 0 radical (unpaired) electrons. The summed E-state index contributed by atoms with van der Waals surface area (Å²) < 4.78 is 11.2. The lowest BCUT2D eigenvalue weighted by Gasteiger charge is -2.14. The van der Waals surface area contributed by atoms with Gasteiger partial charge in [0.1, 0.15) is 11.6 Å². The van der Waals surface area contributed by atoms with Crippen LogP contribution in [0.1, 0.15) is 18.9 Å². The molecule has 0 aliphatic carbocycles. The van der Waals surface area contributed by atoms with Crippen molar-refractivity contribution in [3.63, 3.8) is 0 Å². The van der Waals surface area contributed by atoms with Crippen LogP contribution in [0, 0.1) is 11.3 Å². The number of ether oxygens (including phenoxy) is 2. The smallest absolute Gasteiger partial charge is 0.266 e. The summed E-state index contributed by atoms with van der Waals surface area (Å²) in [5.74, 6) is 1.24. The van der Waals surface area contributed by atoms with E-state index in [0.29, 0.717) is 23.8 Å². The number of aromatic amines is 1. The summed E-state index contributed by atoms with van der Waals surface area (Å²) >= 11 is 1.49. The number of H-pyrrole nitrogens is 1. The highest BCUT2D eigenvalue weighted by Crippen LogP contribution is 2.38. The zero-order chi connectivity index (χ0) is 19.9. The molecular formula is C22H20N2O3S. The zero-order valence-corrected chi connectivity index (χ0v) is 16.5. The molecule has 6 heteroatoms. The van der Waals surface area contributed by atoms with E-state index in [1.165, 1.54) is 11.8 Å². The first-order valence-electron chi connectivity index (χ1n) is 8.87. The van der Waals surface area contributed by atoms with Crippen LogP contribution in [0.15, 0.2) is 69.2 Å². The Hall–Kier alpha value is -3.17. The van der Waals surface area contributed by atoms with Crippen LogP contribution in [0.2, 0.25) is 0 Å². The van der Waals surface area contributed by atoms with Gasteiger partial charge in [-0.3, -0.25) is 4.79 Å². The van der Waals surface area contributed by atoms with Crippen molar-refractivity contribution in [1.29, 1.82) is 5.26 Å². The van der Waals surface area contributed by atoms with E-state index in [2.05, 4.69) is 4.98 Å². The highest BCUT2D eigenvalue weighted by Gasteiger charge is 2.14. The van der Waals surface area contributed by atoms with Gasteiger partial charge in [0.15, 0.2) is 11.5 Å².